The maximum absolute atomic E-state index is 14.0. The fraction of sp³-hybridized carbons (Fsp3) is 0.258. The van der Waals surface area contributed by atoms with Crippen LogP contribution in [0.3, 0.4) is 0 Å². The first-order chi connectivity index (χ1) is 20.0. The molecule has 5 rings (SSSR count). The molecular weight excluding hydrogens is 538 g/mol. The van der Waals surface area contributed by atoms with Gasteiger partial charge in [-0.05, 0) is 55.0 Å². The number of allylic oxidation sites excluding steroid dienone is 1. The number of ether oxygens (including phenoxy) is 3. The molecule has 41 heavy (non-hydrogen) atoms. The van der Waals surface area contributed by atoms with Crippen LogP contribution in [0.25, 0.3) is 0 Å². The number of benzene rings is 3. The zero-order valence-corrected chi connectivity index (χ0v) is 24.3. The van der Waals surface area contributed by atoms with E-state index in [-0.39, 0.29) is 5.91 Å². The fourth-order valence-corrected chi connectivity index (χ4v) is 5.23. The lowest BCUT2D eigenvalue weighted by atomic mass is 9.94. The number of fused-ring (bicyclic) bond motifs is 1. The average molecular weight is 572 g/mol. The van der Waals surface area contributed by atoms with E-state index in [0.717, 1.165) is 16.9 Å². The summed E-state index contributed by atoms with van der Waals surface area (Å²) in [7, 11) is 1.60. The van der Waals surface area contributed by atoms with Crippen molar-refractivity contribution in [1.82, 2.24) is 14.8 Å². The van der Waals surface area contributed by atoms with Crippen molar-refractivity contribution in [2.24, 2.45) is 0 Å². The first-order valence-corrected chi connectivity index (χ1v) is 14.5. The maximum atomic E-state index is 14.0. The largest absolute Gasteiger partial charge is 0.493 e. The van der Waals surface area contributed by atoms with Crippen LogP contribution in [0.15, 0.2) is 89.2 Å². The molecule has 9 nitrogen and oxygen atoms in total. The van der Waals surface area contributed by atoms with Crippen LogP contribution in [0.2, 0.25) is 0 Å². The van der Waals surface area contributed by atoms with Crippen LogP contribution in [0, 0.1) is 0 Å². The van der Waals surface area contributed by atoms with E-state index >= 15 is 0 Å². The zero-order chi connectivity index (χ0) is 28.8. The molecule has 1 aliphatic heterocycles. The van der Waals surface area contributed by atoms with Crippen molar-refractivity contribution in [1.29, 1.82) is 0 Å². The van der Waals surface area contributed by atoms with Gasteiger partial charge in [0.25, 0.3) is 5.91 Å². The molecule has 0 aliphatic carbocycles. The Morgan fingerprint density at radius 1 is 1.00 bits per heavy atom. The molecular formula is C31H33N5O4S. The number of carbonyl (C=O) groups is 1. The third kappa shape index (κ3) is 6.17. The SMILES string of the molecule is CCOc1ccccc1NC(=O)C1=C(C)Nc2nc(SCC)nn2C1c1ccc(OCc2ccccc2)c(OC)c1. The van der Waals surface area contributed by atoms with E-state index in [4.69, 9.17) is 19.3 Å². The summed E-state index contributed by atoms with van der Waals surface area (Å²) in [5, 5.41) is 11.7. The van der Waals surface area contributed by atoms with Crippen molar-refractivity contribution in [3.8, 4) is 17.2 Å². The van der Waals surface area contributed by atoms with E-state index in [9.17, 15) is 4.79 Å². The van der Waals surface area contributed by atoms with Gasteiger partial charge in [0.2, 0.25) is 11.1 Å². The number of methoxy groups -OCH3 is 1. The van der Waals surface area contributed by atoms with Crippen LogP contribution in [-0.4, -0.2) is 40.1 Å². The minimum Gasteiger partial charge on any atom is -0.493 e. The van der Waals surface area contributed by atoms with E-state index in [1.807, 2.05) is 93.6 Å². The fourth-order valence-electron chi connectivity index (χ4n) is 4.67. The standard InChI is InChI=1S/C31H33N5O4S/c1-5-39-24-15-11-10-14-23(24)33-29(37)27-20(3)32-30-34-31(41-6-2)35-36(30)28(27)22-16-17-25(26(18-22)38-4)40-19-21-12-8-7-9-13-21/h7-18,28H,5-6,19H2,1-4H3,(H,33,37)(H,32,34,35). The van der Waals surface area contributed by atoms with Crippen molar-refractivity contribution < 1.29 is 19.0 Å². The van der Waals surface area contributed by atoms with E-state index < -0.39 is 6.04 Å². The van der Waals surface area contributed by atoms with Gasteiger partial charge in [0, 0.05) is 5.70 Å². The Morgan fingerprint density at radius 2 is 1.78 bits per heavy atom. The first kappa shape index (κ1) is 28.1. The van der Waals surface area contributed by atoms with Crippen LogP contribution in [0.1, 0.15) is 37.9 Å². The summed E-state index contributed by atoms with van der Waals surface area (Å²) in [5.41, 5.74) is 3.62. The molecule has 0 saturated heterocycles. The topological polar surface area (TPSA) is 99.5 Å². The summed E-state index contributed by atoms with van der Waals surface area (Å²) in [6.45, 7) is 6.71. The lowest BCUT2D eigenvalue weighted by Crippen LogP contribution is -2.31. The average Bonchev–Trinajstić information content (AvgIpc) is 3.39. The number of hydrogen-bond acceptors (Lipinski definition) is 8. The number of rotatable bonds is 11. The van der Waals surface area contributed by atoms with Gasteiger partial charge in [0.15, 0.2) is 11.5 Å². The molecule has 2 N–H and O–H groups in total. The smallest absolute Gasteiger partial charge is 0.255 e. The molecule has 1 atom stereocenters. The van der Waals surface area contributed by atoms with Crippen molar-refractivity contribution in [2.75, 3.05) is 30.1 Å². The predicted octanol–water partition coefficient (Wildman–Crippen LogP) is 6.30. The molecule has 0 bridgehead atoms. The minimum absolute atomic E-state index is 0.277. The number of anilines is 2. The van der Waals surface area contributed by atoms with Crippen LogP contribution in [0.5, 0.6) is 17.2 Å². The van der Waals surface area contributed by atoms with Crippen molar-refractivity contribution in [2.45, 2.75) is 38.6 Å². The highest BCUT2D eigenvalue weighted by molar-refractivity contribution is 7.99. The second kappa shape index (κ2) is 12.8. The van der Waals surface area contributed by atoms with Crippen LogP contribution < -0.4 is 24.8 Å². The monoisotopic (exact) mass is 571 g/mol. The van der Waals surface area contributed by atoms with Gasteiger partial charge in [-0.15, -0.1) is 5.10 Å². The van der Waals surface area contributed by atoms with E-state index in [1.54, 1.807) is 11.8 Å². The number of para-hydroxylation sites is 2. The Bertz CT molecular complexity index is 1550. The highest BCUT2D eigenvalue weighted by atomic mass is 32.2. The summed E-state index contributed by atoms with van der Waals surface area (Å²) in [6.07, 6.45) is 0. The van der Waals surface area contributed by atoms with Gasteiger partial charge in [0.1, 0.15) is 18.4 Å². The Balaban J connectivity index is 1.52. The molecule has 0 fully saturated rings. The Labute approximate surface area is 243 Å². The van der Waals surface area contributed by atoms with Gasteiger partial charge >= 0.3 is 0 Å². The Hall–Kier alpha value is -4.44. The molecule has 2 heterocycles. The summed E-state index contributed by atoms with van der Waals surface area (Å²) >= 11 is 1.54. The lowest BCUT2D eigenvalue weighted by Gasteiger charge is -2.29. The molecule has 0 saturated carbocycles. The van der Waals surface area contributed by atoms with Crippen LogP contribution in [-0.2, 0) is 11.4 Å². The Morgan fingerprint density at radius 3 is 2.54 bits per heavy atom. The number of aromatic nitrogens is 3. The molecule has 1 amide bonds. The zero-order valence-electron chi connectivity index (χ0n) is 23.5. The highest BCUT2D eigenvalue weighted by Gasteiger charge is 2.35. The molecule has 1 aliphatic rings. The van der Waals surface area contributed by atoms with Gasteiger partial charge in [-0.2, -0.15) is 4.98 Å². The van der Waals surface area contributed by atoms with Crippen LogP contribution >= 0.6 is 11.8 Å². The van der Waals surface area contributed by atoms with Crippen LogP contribution in [0.4, 0.5) is 11.6 Å². The molecule has 0 radical (unpaired) electrons. The first-order valence-electron chi connectivity index (χ1n) is 13.5. The lowest BCUT2D eigenvalue weighted by molar-refractivity contribution is -0.113. The number of hydrogen-bond donors (Lipinski definition) is 2. The van der Waals surface area contributed by atoms with E-state index in [1.165, 1.54) is 11.8 Å². The predicted molar refractivity (Wildman–Crippen MR) is 161 cm³/mol. The van der Waals surface area contributed by atoms with Gasteiger partial charge in [-0.1, -0.05) is 67.2 Å². The van der Waals surface area contributed by atoms with Gasteiger partial charge in [-0.3, -0.25) is 4.79 Å². The molecule has 0 spiro atoms. The summed E-state index contributed by atoms with van der Waals surface area (Å²) in [6, 6.07) is 22.5. The minimum atomic E-state index is -0.568. The number of thioether (sulfide) groups is 1. The molecule has 4 aromatic rings. The molecule has 212 valence electrons. The summed E-state index contributed by atoms with van der Waals surface area (Å²) in [5.74, 6) is 2.88. The second-order valence-corrected chi connectivity index (χ2v) is 10.5. The quantitative estimate of drug-likeness (QED) is 0.202. The number of nitrogens with one attached hydrogen (secondary N) is 2. The maximum Gasteiger partial charge on any atom is 0.255 e. The van der Waals surface area contributed by atoms with Crippen molar-refractivity contribution in [3.63, 3.8) is 0 Å². The molecule has 1 aromatic heterocycles. The number of amides is 1. The van der Waals surface area contributed by atoms with Crippen molar-refractivity contribution >= 4 is 29.3 Å². The molecule has 10 heteroatoms. The summed E-state index contributed by atoms with van der Waals surface area (Å²) in [4.78, 5) is 18.6. The van der Waals surface area contributed by atoms with Gasteiger partial charge in [-0.25, -0.2) is 4.68 Å². The van der Waals surface area contributed by atoms with Gasteiger partial charge < -0.3 is 24.8 Å². The normalized spacial score (nSPS) is 14.2. The highest BCUT2D eigenvalue weighted by Crippen LogP contribution is 2.40. The number of nitrogens with zero attached hydrogens (tertiary/aromatic N) is 3. The molecule has 1 unspecified atom stereocenters. The molecule has 3 aromatic carbocycles. The summed E-state index contributed by atoms with van der Waals surface area (Å²) < 4.78 is 19.3. The third-order valence-corrected chi connectivity index (χ3v) is 7.25. The van der Waals surface area contributed by atoms with Crippen molar-refractivity contribution in [3.05, 3.63) is 95.2 Å². The van der Waals surface area contributed by atoms with E-state index in [0.29, 0.717) is 58.5 Å². The van der Waals surface area contributed by atoms with Gasteiger partial charge in [0.05, 0.1) is 25.0 Å². The Kier molecular flexibility index (Phi) is 8.79. The second-order valence-electron chi connectivity index (χ2n) is 9.23. The third-order valence-electron chi connectivity index (χ3n) is 6.53. The van der Waals surface area contributed by atoms with E-state index in [2.05, 4.69) is 15.6 Å². The number of carbonyl (C=O) groups excluding carboxylic acids is 1.